The predicted molar refractivity (Wildman–Crippen MR) is 110 cm³/mol. The number of guanidine groups is 1. The van der Waals surface area contributed by atoms with Gasteiger partial charge in [-0.3, -0.25) is 4.99 Å². The van der Waals surface area contributed by atoms with Crippen molar-refractivity contribution in [2.75, 3.05) is 26.8 Å². The van der Waals surface area contributed by atoms with Crippen LogP contribution in [0, 0.1) is 11.8 Å². The van der Waals surface area contributed by atoms with E-state index in [0.717, 1.165) is 36.7 Å². The number of rotatable bonds is 10. The number of nitrogens with one attached hydrogen (secondary N) is 3. The minimum absolute atomic E-state index is 0.0479. The molecule has 0 saturated heterocycles. The van der Waals surface area contributed by atoms with E-state index >= 15 is 0 Å². The molecule has 154 valence electrons. The fourth-order valence-electron chi connectivity index (χ4n) is 3.05. The summed E-state index contributed by atoms with van der Waals surface area (Å²) in [4.78, 5) is 16.0. The van der Waals surface area contributed by atoms with Crippen molar-refractivity contribution in [3.8, 4) is 5.75 Å². The molecule has 3 rings (SSSR count). The summed E-state index contributed by atoms with van der Waals surface area (Å²) in [6.07, 6.45) is 4.47. The number of para-hydroxylation sites is 1. The molecule has 2 fully saturated rings. The average molecular weight is 389 g/mol. The maximum absolute atomic E-state index is 11.7. The molecule has 1 aromatic rings. The Balaban J connectivity index is 1.47. The SMILES string of the molecule is CCOC(=O)NC(CNC(=NC)NCc1ccccc1OCC1CC1)C1CC1. The summed E-state index contributed by atoms with van der Waals surface area (Å²) in [5, 5.41) is 9.60. The average Bonchev–Trinajstić information content (AvgIpc) is 3.60. The Morgan fingerprint density at radius 3 is 2.68 bits per heavy atom. The zero-order chi connectivity index (χ0) is 19.8. The third-order valence-electron chi connectivity index (χ3n) is 5.07. The lowest BCUT2D eigenvalue weighted by Gasteiger charge is -2.20. The van der Waals surface area contributed by atoms with Crippen LogP contribution >= 0.6 is 0 Å². The highest BCUT2D eigenvalue weighted by atomic mass is 16.5. The number of hydrogen-bond acceptors (Lipinski definition) is 4. The molecule has 0 spiro atoms. The normalized spacial score (nSPS) is 17.6. The Bertz CT molecular complexity index is 671. The fourth-order valence-corrected chi connectivity index (χ4v) is 3.05. The first-order valence-electron chi connectivity index (χ1n) is 10.3. The summed E-state index contributed by atoms with van der Waals surface area (Å²) in [7, 11) is 1.75. The molecule has 28 heavy (non-hydrogen) atoms. The van der Waals surface area contributed by atoms with Crippen molar-refractivity contribution in [1.29, 1.82) is 0 Å². The van der Waals surface area contributed by atoms with Gasteiger partial charge in [-0.15, -0.1) is 0 Å². The summed E-state index contributed by atoms with van der Waals surface area (Å²) in [6, 6.07) is 8.15. The number of nitrogens with zero attached hydrogens (tertiary/aromatic N) is 1. The van der Waals surface area contributed by atoms with Gasteiger partial charge < -0.3 is 25.4 Å². The van der Waals surface area contributed by atoms with E-state index in [-0.39, 0.29) is 12.1 Å². The van der Waals surface area contributed by atoms with Crippen molar-refractivity contribution in [2.24, 2.45) is 16.8 Å². The third-order valence-corrected chi connectivity index (χ3v) is 5.07. The largest absolute Gasteiger partial charge is 0.493 e. The van der Waals surface area contributed by atoms with Crippen LogP contribution in [0.1, 0.15) is 38.2 Å². The Labute approximate surface area is 167 Å². The van der Waals surface area contributed by atoms with Gasteiger partial charge in [0.25, 0.3) is 0 Å². The van der Waals surface area contributed by atoms with Crippen molar-refractivity contribution in [3.63, 3.8) is 0 Å². The molecular formula is C21H32N4O3. The van der Waals surface area contributed by atoms with Crippen LogP contribution in [0.5, 0.6) is 5.75 Å². The highest BCUT2D eigenvalue weighted by molar-refractivity contribution is 5.79. The summed E-state index contributed by atoms with van der Waals surface area (Å²) in [5.74, 6) is 2.86. The molecule has 0 radical (unpaired) electrons. The number of carbonyl (C=O) groups excluding carboxylic acids is 1. The second-order valence-corrected chi connectivity index (χ2v) is 7.48. The first-order valence-corrected chi connectivity index (χ1v) is 10.3. The third kappa shape index (κ3) is 6.62. The van der Waals surface area contributed by atoms with Gasteiger partial charge in [0.2, 0.25) is 0 Å². The van der Waals surface area contributed by atoms with Crippen LogP contribution in [0.4, 0.5) is 4.79 Å². The highest BCUT2D eigenvalue weighted by Crippen LogP contribution is 2.32. The Morgan fingerprint density at radius 2 is 2.00 bits per heavy atom. The van der Waals surface area contributed by atoms with Gasteiger partial charge in [0.15, 0.2) is 5.96 Å². The van der Waals surface area contributed by atoms with E-state index in [4.69, 9.17) is 9.47 Å². The van der Waals surface area contributed by atoms with Gasteiger partial charge in [-0.1, -0.05) is 18.2 Å². The zero-order valence-corrected chi connectivity index (χ0v) is 16.9. The molecule has 0 heterocycles. The Kier molecular flexibility index (Phi) is 7.39. The van der Waals surface area contributed by atoms with Crippen molar-refractivity contribution >= 4 is 12.1 Å². The van der Waals surface area contributed by atoms with Crippen LogP contribution in [0.3, 0.4) is 0 Å². The van der Waals surface area contributed by atoms with E-state index in [9.17, 15) is 4.79 Å². The second-order valence-electron chi connectivity index (χ2n) is 7.48. The lowest BCUT2D eigenvalue weighted by molar-refractivity contribution is 0.146. The molecule has 7 nitrogen and oxygen atoms in total. The van der Waals surface area contributed by atoms with Gasteiger partial charge in [0, 0.05) is 25.7 Å². The van der Waals surface area contributed by atoms with Gasteiger partial charge in [-0.05, 0) is 50.5 Å². The zero-order valence-electron chi connectivity index (χ0n) is 16.9. The molecule has 2 saturated carbocycles. The van der Waals surface area contributed by atoms with E-state index in [1.54, 1.807) is 7.05 Å². The van der Waals surface area contributed by atoms with E-state index < -0.39 is 0 Å². The maximum Gasteiger partial charge on any atom is 0.407 e. The van der Waals surface area contributed by atoms with Crippen molar-refractivity contribution in [2.45, 2.75) is 45.2 Å². The molecule has 2 aliphatic carbocycles. The van der Waals surface area contributed by atoms with Gasteiger partial charge >= 0.3 is 6.09 Å². The van der Waals surface area contributed by atoms with E-state index in [1.807, 2.05) is 25.1 Å². The number of alkyl carbamates (subject to hydrolysis) is 1. The standard InChI is InChI=1S/C21H32N4O3/c1-3-27-21(26)25-18(16-10-11-16)13-24-20(22-2)23-12-17-6-4-5-7-19(17)28-14-15-8-9-15/h4-7,15-16,18H,3,8-14H2,1-2H3,(H,25,26)(H2,22,23,24). The number of hydrogen-bond donors (Lipinski definition) is 3. The van der Waals surface area contributed by atoms with Crippen molar-refractivity contribution in [3.05, 3.63) is 29.8 Å². The Morgan fingerprint density at radius 1 is 1.21 bits per heavy atom. The molecule has 2 aliphatic rings. The minimum Gasteiger partial charge on any atom is -0.493 e. The first kappa shape index (κ1) is 20.3. The fraction of sp³-hybridized carbons (Fsp3) is 0.619. The number of aliphatic imine (C=N–C) groups is 1. The highest BCUT2D eigenvalue weighted by Gasteiger charge is 2.32. The molecular weight excluding hydrogens is 356 g/mol. The van der Waals surface area contributed by atoms with E-state index in [2.05, 4.69) is 27.0 Å². The van der Waals surface area contributed by atoms with Crippen molar-refractivity contribution < 1.29 is 14.3 Å². The molecule has 1 unspecified atom stereocenters. The second kappa shape index (κ2) is 10.2. The van der Waals surface area contributed by atoms with Crippen LogP contribution in [-0.2, 0) is 11.3 Å². The number of benzene rings is 1. The van der Waals surface area contributed by atoms with Crippen LogP contribution in [0.25, 0.3) is 0 Å². The van der Waals surface area contributed by atoms with Gasteiger partial charge in [-0.2, -0.15) is 0 Å². The van der Waals surface area contributed by atoms with Gasteiger partial charge in [0.05, 0.1) is 19.3 Å². The van der Waals surface area contributed by atoms with Crippen LogP contribution in [0.15, 0.2) is 29.3 Å². The summed E-state index contributed by atoms with van der Waals surface area (Å²) in [5.41, 5.74) is 1.11. The number of ether oxygens (including phenoxy) is 2. The van der Waals surface area contributed by atoms with Crippen molar-refractivity contribution in [1.82, 2.24) is 16.0 Å². The van der Waals surface area contributed by atoms with Gasteiger partial charge in [0.1, 0.15) is 5.75 Å². The molecule has 1 atom stereocenters. The minimum atomic E-state index is -0.356. The van der Waals surface area contributed by atoms with E-state index in [1.165, 1.54) is 12.8 Å². The predicted octanol–water partition coefficient (Wildman–Crippen LogP) is 2.67. The topological polar surface area (TPSA) is 84.0 Å². The number of carbonyl (C=O) groups is 1. The summed E-state index contributed by atoms with van der Waals surface area (Å²) in [6.45, 7) is 4.22. The van der Waals surface area contributed by atoms with E-state index in [0.29, 0.717) is 31.6 Å². The lowest BCUT2D eigenvalue weighted by atomic mass is 10.2. The Hall–Kier alpha value is -2.44. The van der Waals surface area contributed by atoms with Crippen LogP contribution in [0.2, 0.25) is 0 Å². The summed E-state index contributed by atoms with van der Waals surface area (Å²) < 4.78 is 11.0. The smallest absolute Gasteiger partial charge is 0.407 e. The maximum atomic E-state index is 11.7. The van der Waals surface area contributed by atoms with Gasteiger partial charge in [-0.25, -0.2) is 4.79 Å². The molecule has 0 aromatic heterocycles. The summed E-state index contributed by atoms with van der Waals surface area (Å²) >= 11 is 0. The molecule has 1 amide bonds. The lowest BCUT2D eigenvalue weighted by Crippen LogP contribution is -2.48. The number of amides is 1. The molecule has 1 aromatic carbocycles. The molecule has 0 bridgehead atoms. The molecule has 0 aliphatic heterocycles. The molecule has 3 N–H and O–H groups in total. The molecule has 7 heteroatoms. The monoisotopic (exact) mass is 388 g/mol. The quantitative estimate of drug-likeness (QED) is 0.424. The first-order chi connectivity index (χ1) is 13.7. The van der Waals surface area contributed by atoms with Crippen LogP contribution in [-0.4, -0.2) is 44.9 Å². The van der Waals surface area contributed by atoms with Crippen LogP contribution < -0.4 is 20.7 Å².